The lowest BCUT2D eigenvalue weighted by molar-refractivity contribution is 0.328. The number of rotatable bonds is 3. The van der Waals surface area contributed by atoms with E-state index in [2.05, 4.69) is 28.2 Å². The highest BCUT2D eigenvalue weighted by Gasteiger charge is 2.19. The van der Waals surface area contributed by atoms with Gasteiger partial charge in [-0.3, -0.25) is 0 Å². The van der Waals surface area contributed by atoms with Crippen molar-refractivity contribution in [1.29, 1.82) is 0 Å². The van der Waals surface area contributed by atoms with Gasteiger partial charge in [-0.15, -0.1) is 0 Å². The van der Waals surface area contributed by atoms with Gasteiger partial charge in [0.25, 0.3) is 0 Å². The fraction of sp³-hybridized carbons (Fsp3) is 0.571. The molecule has 1 fully saturated rings. The van der Waals surface area contributed by atoms with Gasteiger partial charge in [0, 0.05) is 11.7 Å². The Morgan fingerprint density at radius 3 is 2.65 bits per heavy atom. The third kappa shape index (κ3) is 3.44. The van der Waals surface area contributed by atoms with Gasteiger partial charge < -0.3 is 5.32 Å². The molecule has 1 N–H and O–H groups in total. The lowest BCUT2D eigenvalue weighted by Crippen LogP contribution is -2.27. The van der Waals surface area contributed by atoms with Crippen LogP contribution in [-0.4, -0.2) is 6.04 Å². The fourth-order valence-electron chi connectivity index (χ4n) is 2.60. The van der Waals surface area contributed by atoms with Crippen LogP contribution < -0.4 is 5.32 Å². The zero-order valence-corrected chi connectivity index (χ0v) is 11.8. The van der Waals surface area contributed by atoms with Gasteiger partial charge in [0.1, 0.15) is 5.82 Å². The summed E-state index contributed by atoms with van der Waals surface area (Å²) in [5, 5.41) is 3.48. The van der Waals surface area contributed by atoms with E-state index in [0.717, 1.165) is 11.6 Å². The molecule has 3 heteroatoms. The van der Waals surface area contributed by atoms with Crippen molar-refractivity contribution in [3.8, 4) is 0 Å². The van der Waals surface area contributed by atoms with Gasteiger partial charge in [-0.25, -0.2) is 4.39 Å². The smallest absolute Gasteiger partial charge is 0.137 e. The molecule has 1 nitrogen and oxygen atoms in total. The molecule has 1 unspecified atom stereocenters. The van der Waals surface area contributed by atoms with Crippen LogP contribution >= 0.6 is 15.9 Å². The number of hydrogen-bond acceptors (Lipinski definition) is 1. The molecule has 1 saturated carbocycles. The Bertz CT molecular complexity index is 374. The minimum Gasteiger partial charge on any atom is -0.382 e. The first-order valence-electron chi connectivity index (χ1n) is 6.38. The van der Waals surface area contributed by atoms with E-state index in [9.17, 15) is 4.39 Å². The van der Waals surface area contributed by atoms with Crippen LogP contribution in [0.15, 0.2) is 22.7 Å². The molecule has 1 aliphatic rings. The molecule has 0 aliphatic heterocycles. The van der Waals surface area contributed by atoms with Crippen LogP contribution in [0.3, 0.4) is 0 Å². The van der Waals surface area contributed by atoms with E-state index in [-0.39, 0.29) is 5.82 Å². The molecule has 0 saturated heterocycles. The second-order valence-electron chi connectivity index (χ2n) is 4.96. The maximum Gasteiger partial charge on any atom is 0.137 e. The molecule has 0 radical (unpaired) electrons. The third-order valence-electron chi connectivity index (χ3n) is 3.67. The number of halogens is 2. The van der Waals surface area contributed by atoms with Crippen molar-refractivity contribution in [3.63, 3.8) is 0 Å². The summed E-state index contributed by atoms with van der Waals surface area (Å²) >= 11 is 3.22. The predicted molar refractivity (Wildman–Crippen MR) is 73.8 cm³/mol. The predicted octanol–water partition coefficient (Wildman–Crippen LogP) is 4.97. The van der Waals surface area contributed by atoms with Crippen molar-refractivity contribution >= 4 is 21.6 Å². The largest absolute Gasteiger partial charge is 0.382 e. The SMILES string of the molecule is CC(Nc1ccc(F)c(Br)c1)C1CCCCC1. The molecular weight excluding hydrogens is 281 g/mol. The molecule has 1 atom stereocenters. The Hall–Kier alpha value is -0.570. The highest BCUT2D eigenvalue weighted by atomic mass is 79.9. The Balaban J connectivity index is 1.96. The average Bonchev–Trinajstić information content (AvgIpc) is 2.35. The van der Waals surface area contributed by atoms with E-state index in [4.69, 9.17) is 0 Å². The molecule has 94 valence electrons. The molecule has 0 bridgehead atoms. The van der Waals surface area contributed by atoms with E-state index < -0.39 is 0 Å². The van der Waals surface area contributed by atoms with Gasteiger partial charge >= 0.3 is 0 Å². The quantitative estimate of drug-likeness (QED) is 0.831. The first-order chi connectivity index (χ1) is 8.16. The van der Waals surface area contributed by atoms with Crippen molar-refractivity contribution < 1.29 is 4.39 Å². The molecule has 1 aromatic carbocycles. The number of benzene rings is 1. The maximum atomic E-state index is 13.1. The van der Waals surface area contributed by atoms with E-state index >= 15 is 0 Å². The summed E-state index contributed by atoms with van der Waals surface area (Å²) in [5.74, 6) is 0.549. The first-order valence-corrected chi connectivity index (χ1v) is 7.17. The second kappa shape index (κ2) is 5.85. The van der Waals surface area contributed by atoms with Crippen LogP contribution in [0.1, 0.15) is 39.0 Å². The van der Waals surface area contributed by atoms with Gasteiger partial charge in [0.05, 0.1) is 4.47 Å². The second-order valence-corrected chi connectivity index (χ2v) is 5.81. The normalized spacial score (nSPS) is 19.0. The first kappa shape index (κ1) is 12.9. The summed E-state index contributed by atoms with van der Waals surface area (Å²) in [5.41, 5.74) is 0.997. The van der Waals surface area contributed by atoms with Crippen molar-refractivity contribution in [2.75, 3.05) is 5.32 Å². The Kier molecular flexibility index (Phi) is 4.43. The third-order valence-corrected chi connectivity index (χ3v) is 4.28. The lowest BCUT2D eigenvalue weighted by atomic mass is 9.84. The van der Waals surface area contributed by atoms with Crippen LogP contribution in [0, 0.1) is 11.7 Å². The van der Waals surface area contributed by atoms with Crippen LogP contribution in [0.2, 0.25) is 0 Å². The fourth-order valence-corrected chi connectivity index (χ4v) is 2.98. The van der Waals surface area contributed by atoms with Gasteiger partial charge in [0.2, 0.25) is 0 Å². The van der Waals surface area contributed by atoms with Crippen molar-refractivity contribution in [1.82, 2.24) is 0 Å². The summed E-state index contributed by atoms with van der Waals surface area (Å²) in [6, 6.07) is 5.58. The Morgan fingerprint density at radius 2 is 2.00 bits per heavy atom. The number of nitrogens with one attached hydrogen (secondary N) is 1. The highest BCUT2D eigenvalue weighted by Crippen LogP contribution is 2.29. The summed E-state index contributed by atoms with van der Waals surface area (Å²) in [4.78, 5) is 0. The summed E-state index contributed by atoms with van der Waals surface area (Å²) in [6.45, 7) is 2.23. The summed E-state index contributed by atoms with van der Waals surface area (Å²) < 4.78 is 13.6. The molecule has 17 heavy (non-hydrogen) atoms. The number of hydrogen-bond donors (Lipinski definition) is 1. The Labute approximate surface area is 111 Å². The van der Waals surface area contributed by atoms with E-state index in [1.807, 2.05) is 6.07 Å². The van der Waals surface area contributed by atoms with Crippen molar-refractivity contribution in [2.24, 2.45) is 5.92 Å². The monoisotopic (exact) mass is 299 g/mol. The van der Waals surface area contributed by atoms with E-state index in [1.165, 1.54) is 38.2 Å². The van der Waals surface area contributed by atoms with Crippen LogP contribution in [0.25, 0.3) is 0 Å². The number of anilines is 1. The Morgan fingerprint density at radius 1 is 1.29 bits per heavy atom. The zero-order chi connectivity index (χ0) is 12.3. The van der Waals surface area contributed by atoms with Gasteiger partial charge in [-0.2, -0.15) is 0 Å². The maximum absolute atomic E-state index is 13.1. The van der Waals surface area contributed by atoms with Crippen LogP contribution in [-0.2, 0) is 0 Å². The minimum absolute atomic E-state index is 0.208. The molecule has 1 aliphatic carbocycles. The van der Waals surface area contributed by atoms with Gasteiger partial charge in [0.15, 0.2) is 0 Å². The van der Waals surface area contributed by atoms with Crippen molar-refractivity contribution in [2.45, 2.75) is 45.1 Å². The molecular formula is C14H19BrFN. The molecule has 0 aromatic heterocycles. The van der Waals surface area contributed by atoms with E-state index in [1.54, 1.807) is 6.07 Å². The molecule has 0 amide bonds. The van der Waals surface area contributed by atoms with E-state index in [0.29, 0.717) is 10.5 Å². The zero-order valence-electron chi connectivity index (χ0n) is 10.2. The molecule has 0 heterocycles. The lowest BCUT2D eigenvalue weighted by Gasteiger charge is -2.29. The van der Waals surface area contributed by atoms with Gasteiger partial charge in [-0.05, 0) is 59.8 Å². The average molecular weight is 300 g/mol. The van der Waals surface area contributed by atoms with Gasteiger partial charge in [-0.1, -0.05) is 19.3 Å². The molecule has 2 rings (SSSR count). The van der Waals surface area contributed by atoms with Crippen LogP contribution in [0.5, 0.6) is 0 Å². The summed E-state index contributed by atoms with van der Waals surface area (Å²) in [6.07, 6.45) is 6.71. The van der Waals surface area contributed by atoms with Crippen molar-refractivity contribution in [3.05, 3.63) is 28.5 Å². The van der Waals surface area contributed by atoms with Crippen LogP contribution in [0.4, 0.5) is 10.1 Å². The topological polar surface area (TPSA) is 12.0 Å². The summed E-state index contributed by atoms with van der Waals surface area (Å²) in [7, 11) is 0. The standard InChI is InChI=1S/C14H19BrFN/c1-10(11-5-3-2-4-6-11)17-12-7-8-14(16)13(15)9-12/h7-11,17H,2-6H2,1H3. The molecule has 1 aromatic rings. The minimum atomic E-state index is -0.208. The molecule has 0 spiro atoms. The highest BCUT2D eigenvalue weighted by molar-refractivity contribution is 9.10.